The lowest BCUT2D eigenvalue weighted by Gasteiger charge is -2.15. The standard InChI is InChI=1S/C20H20N4O4/c1-13(2)24-16(8-10-23-24)19-14(5-4-9-22-19)12-27-17-6-3-7-18(15(17)11-25)28-20(21)26/h3-11,13H,12H2,1-2H3,(H2,21,26). The van der Waals surface area contributed by atoms with Gasteiger partial charge in [-0.05, 0) is 38.1 Å². The van der Waals surface area contributed by atoms with Gasteiger partial charge < -0.3 is 15.2 Å². The van der Waals surface area contributed by atoms with Crippen molar-refractivity contribution in [1.29, 1.82) is 0 Å². The lowest BCUT2D eigenvalue weighted by molar-refractivity contribution is 0.111. The second-order valence-electron chi connectivity index (χ2n) is 6.26. The van der Waals surface area contributed by atoms with Crippen molar-refractivity contribution in [2.75, 3.05) is 0 Å². The number of nitrogens with zero attached hydrogens (tertiary/aromatic N) is 3. The van der Waals surface area contributed by atoms with Gasteiger partial charge in [0.05, 0.1) is 17.0 Å². The van der Waals surface area contributed by atoms with E-state index in [2.05, 4.69) is 10.1 Å². The summed E-state index contributed by atoms with van der Waals surface area (Å²) in [5, 5.41) is 4.35. The number of aldehydes is 1. The highest BCUT2D eigenvalue weighted by Gasteiger charge is 2.16. The van der Waals surface area contributed by atoms with Crippen LogP contribution in [0.15, 0.2) is 48.8 Å². The first kappa shape index (κ1) is 19.1. The molecule has 144 valence electrons. The topological polar surface area (TPSA) is 109 Å². The number of hydrogen-bond acceptors (Lipinski definition) is 6. The highest BCUT2D eigenvalue weighted by atomic mass is 16.5. The number of nitrogens with two attached hydrogens (primary N) is 1. The van der Waals surface area contributed by atoms with Gasteiger partial charge in [0, 0.05) is 24.0 Å². The molecule has 28 heavy (non-hydrogen) atoms. The first-order valence-electron chi connectivity index (χ1n) is 8.67. The summed E-state index contributed by atoms with van der Waals surface area (Å²) in [6, 6.07) is 10.5. The van der Waals surface area contributed by atoms with E-state index in [1.54, 1.807) is 24.5 Å². The van der Waals surface area contributed by atoms with Crippen LogP contribution in [0.5, 0.6) is 11.5 Å². The van der Waals surface area contributed by atoms with Gasteiger partial charge in [-0.25, -0.2) is 4.79 Å². The summed E-state index contributed by atoms with van der Waals surface area (Å²) in [6.45, 7) is 4.24. The van der Waals surface area contributed by atoms with Gasteiger partial charge in [0.1, 0.15) is 18.1 Å². The van der Waals surface area contributed by atoms with E-state index in [0.717, 1.165) is 17.0 Å². The van der Waals surface area contributed by atoms with Gasteiger partial charge in [-0.1, -0.05) is 12.1 Å². The van der Waals surface area contributed by atoms with Crippen molar-refractivity contribution in [1.82, 2.24) is 14.8 Å². The molecule has 0 radical (unpaired) electrons. The summed E-state index contributed by atoms with van der Waals surface area (Å²) < 4.78 is 12.6. The van der Waals surface area contributed by atoms with E-state index in [0.29, 0.717) is 6.29 Å². The van der Waals surface area contributed by atoms with Gasteiger partial charge in [-0.2, -0.15) is 5.10 Å². The molecular formula is C20H20N4O4. The van der Waals surface area contributed by atoms with E-state index < -0.39 is 6.09 Å². The third-order valence-corrected chi connectivity index (χ3v) is 4.03. The number of benzene rings is 1. The van der Waals surface area contributed by atoms with Crippen molar-refractivity contribution in [3.63, 3.8) is 0 Å². The molecule has 0 saturated heterocycles. The van der Waals surface area contributed by atoms with Crippen molar-refractivity contribution < 1.29 is 19.1 Å². The maximum absolute atomic E-state index is 11.5. The van der Waals surface area contributed by atoms with Gasteiger partial charge >= 0.3 is 6.09 Å². The van der Waals surface area contributed by atoms with Crippen molar-refractivity contribution in [3.8, 4) is 22.9 Å². The number of hydrogen-bond donors (Lipinski definition) is 1. The molecule has 2 aromatic heterocycles. The van der Waals surface area contributed by atoms with E-state index in [4.69, 9.17) is 15.2 Å². The Kier molecular flexibility index (Phi) is 5.69. The smallest absolute Gasteiger partial charge is 0.409 e. The Morgan fingerprint density at radius 2 is 1.96 bits per heavy atom. The fraction of sp³-hybridized carbons (Fsp3) is 0.200. The minimum Gasteiger partial charge on any atom is -0.488 e. The number of primary amides is 1. The SMILES string of the molecule is CC(C)n1nccc1-c1ncccc1COc1cccc(OC(N)=O)c1C=O. The zero-order chi connectivity index (χ0) is 20.1. The average Bonchev–Trinajstić information content (AvgIpc) is 3.16. The largest absolute Gasteiger partial charge is 0.488 e. The number of rotatable bonds is 7. The summed E-state index contributed by atoms with van der Waals surface area (Å²) in [5.74, 6) is 0.324. The lowest BCUT2D eigenvalue weighted by atomic mass is 10.1. The van der Waals surface area contributed by atoms with E-state index in [1.807, 2.05) is 36.7 Å². The molecule has 0 fully saturated rings. The minimum absolute atomic E-state index is 0.0456. The second-order valence-corrected chi connectivity index (χ2v) is 6.26. The number of carbonyl (C=O) groups excluding carboxylic acids is 2. The first-order chi connectivity index (χ1) is 13.5. The summed E-state index contributed by atoms with van der Waals surface area (Å²) in [7, 11) is 0. The molecular weight excluding hydrogens is 360 g/mol. The quantitative estimate of drug-likeness (QED) is 0.629. The van der Waals surface area contributed by atoms with Crippen LogP contribution < -0.4 is 15.2 Å². The molecule has 0 spiro atoms. The number of amides is 1. The predicted molar refractivity (Wildman–Crippen MR) is 102 cm³/mol. The molecule has 0 unspecified atom stereocenters. The van der Waals surface area contributed by atoms with Crippen LogP contribution in [0.3, 0.4) is 0 Å². The van der Waals surface area contributed by atoms with Crippen molar-refractivity contribution in [3.05, 3.63) is 59.9 Å². The molecule has 0 aliphatic heterocycles. The van der Waals surface area contributed by atoms with Gasteiger partial charge in [-0.15, -0.1) is 0 Å². The summed E-state index contributed by atoms with van der Waals surface area (Å²) in [5.41, 5.74) is 7.59. The summed E-state index contributed by atoms with van der Waals surface area (Å²) in [4.78, 5) is 27.0. The highest BCUT2D eigenvalue weighted by Crippen LogP contribution is 2.29. The Morgan fingerprint density at radius 3 is 2.68 bits per heavy atom. The van der Waals surface area contributed by atoms with Crippen LogP contribution in [0.2, 0.25) is 0 Å². The van der Waals surface area contributed by atoms with E-state index in [-0.39, 0.29) is 29.7 Å². The zero-order valence-electron chi connectivity index (χ0n) is 15.5. The third kappa shape index (κ3) is 4.01. The molecule has 2 heterocycles. The molecule has 0 atom stereocenters. The van der Waals surface area contributed by atoms with Crippen molar-refractivity contribution >= 4 is 12.4 Å². The van der Waals surface area contributed by atoms with Crippen molar-refractivity contribution in [2.45, 2.75) is 26.5 Å². The van der Waals surface area contributed by atoms with Crippen LogP contribution in [-0.2, 0) is 6.61 Å². The molecule has 3 aromatic rings. The maximum Gasteiger partial charge on any atom is 0.409 e. The molecule has 1 aromatic carbocycles. The van der Waals surface area contributed by atoms with Crippen LogP contribution in [-0.4, -0.2) is 27.1 Å². The molecule has 0 aliphatic carbocycles. The Balaban J connectivity index is 1.90. The minimum atomic E-state index is -1.00. The second kappa shape index (κ2) is 8.34. The van der Waals surface area contributed by atoms with E-state index in [9.17, 15) is 9.59 Å². The van der Waals surface area contributed by atoms with Crippen LogP contribution in [0.1, 0.15) is 35.8 Å². The molecule has 2 N–H and O–H groups in total. The fourth-order valence-electron chi connectivity index (χ4n) is 2.82. The van der Waals surface area contributed by atoms with Crippen LogP contribution in [0.25, 0.3) is 11.4 Å². The molecule has 0 bridgehead atoms. The molecule has 3 rings (SSSR count). The highest BCUT2D eigenvalue weighted by molar-refractivity contribution is 5.85. The Labute approximate surface area is 161 Å². The monoisotopic (exact) mass is 380 g/mol. The molecule has 0 aliphatic rings. The Hall–Kier alpha value is -3.68. The zero-order valence-corrected chi connectivity index (χ0v) is 15.5. The first-order valence-corrected chi connectivity index (χ1v) is 8.67. The third-order valence-electron chi connectivity index (χ3n) is 4.03. The average molecular weight is 380 g/mol. The fourth-order valence-corrected chi connectivity index (χ4v) is 2.82. The van der Waals surface area contributed by atoms with Crippen LogP contribution >= 0.6 is 0 Å². The number of pyridine rings is 1. The van der Waals surface area contributed by atoms with Gasteiger partial charge in [0.2, 0.25) is 0 Å². The van der Waals surface area contributed by atoms with Crippen LogP contribution in [0.4, 0.5) is 4.79 Å². The van der Waals surface area contributed by atoms with Gasteiger partial charge in [0.15, 0.2) is 6.29 Å². The van der Waals surface area contributed by atoms with E-state index in [1.165, 1.54) is 6.07 Å². The molecule has 1 amide bonds. The summed E-state index contributed by atoms with van der Waals surface area (Å²) in [6.07, 6.45) is 2.99. The van der Waals surface area contributed by atoms with Gasteiger partial charge in [0.25, 0.3) is 0 Å². The number of ether oxygens (including phenoxy) is 2. The van der Waals surface area contributed by atoms with Gasteiger partial charge in [-0.3, -0.25) is 14.5 Å². The predicted octanol–water partition coefficient (Wildman–Crippen LogP) is 3.38. The lowest BCUT2D eigenvalue weighted by Crippen LogP contribution is -2.17. The van der Waals surface area contributed by atoms with E-state index >= 15 is 0 Å². The number of aromatic nitrogens is 3. The number of carbonyl (C=O) groups is 2. The normalized spacial score (nSPS) is 10.7. The molecule has 8 nitrogen and oxygen atoms in total. The summed E-state index contributed by atoms with van der Waals surface area (Å²) >= 11 is 0. The Morgan fingerprint density at radius 1 is 1.18 bits per heavy atom. The molecule has 8 heteroatoms. The molecule has 0 saturated carbocycles. The Bertz CT molecular complexity index is 997. The van der Waals surface area contributed by atoms with Crippen LogP contribution in [0, 0.1) is 0 Å². The van der Waals surface area contributed by atoms with Crippen molar-refractivity contribution in [2.24, 2.45) is 5.73 Å². The maximum atomic E-state index is 11.5.